The van der Waals surface area contributed by atoms with Crippen molar-refractivity contribution in [2.45, 2.75) is 11.8 Å². The number of hydrogen-bond donors (Lipinski definition) is 1. The van der Waals surface area contributed by atoms with Gasteiger partial charge in [0.05, 0.1) is 10.5 Å². The van der Waals surface area contributed by atoms with Crippen LogP contribution in [0.3, 0.4) is 0 Å². The lowest BCUT2D eigenvalue weighted by Crippen LogP contribution is -2.31. The molecule has 98 valence electrons. The number of nitrogens with zero attached hydrogens (tertiary/aromatic N) is 1. The third-order valence-electron chi connectivity index (χ3n) is 2.40. The van der Waals surface area contributed by atoms with Crippen LogP contribution in [0.4, 0.5) is 0 Å². The second-order valence-corrected chi connectivity index (χ2v) is 5.52. The van der Waals surface area contributed by atoms with Crippen LogP contribution < -0.4 is 0 Å². The Bertz CT molecular complexity index is 551. The summed E-state index contributed by atoms with van der Waals surface area (Å²) in [6, 6.07) is 5.31. The third kappa shape index (κ3) is 2.96. The summed E-state index contributed by atoms with van der Waals surface area (Å²) in [6.07, 6.45) is 1.49. The van der Waals surface area contributed by atoms with Gasteiger partial charge in [-0.3, -0.25) is 0 Å². The standard InChI is InChI=1S/C12H15NO4S/c1-3-8-13(4-2)18(16,17)11-7-5-6-10(9-11)12(14)15/h3,5-7,9H,1,4,8H2,2H3,(H,14,15). The molecule has 6 heteroatoms. The van der Waals surface area contributed by atoms with E-state index in [9.17, 15) is 13.2 Å². The molecule has 0 saturated heterocycles. The maximum atomic E-state index is 12.2. The van der Waals surface area contributed by atoms with Gasteiger partial charge in [0.1, 0.15) is 0 Å². The van der Waals surface area contributed by atoms with E-state index < -0.39 is 16.0 Å². The van der Waals surface area contributed by atoms with Crippen LogP contribution in [0.5, 0.6) is 0 Å². The molecule has 0 saturated carbocycles. The molecule has 1 aromatic carbocycles. The lowest BCUT2D eigenvalue weighted by molar-refractivity contribution is 0.0696. The highest BCUT2D eigenvalue weighted by atomic mass is 32.2. The quantitative estimate of drug-likeness (QED) is 0.796. The van der Waals surface area contributed by atoms with E-state index in [2.05, 4.69) is 6.58 Å². The highest BCUT2D eigenvalue weighted by Gasteiger charge is 2.22. The highest BCUT2D eigenvalue weighted by molar-refractivity contribution is 7.89. The monoisotopic (exact) mass is 269 g/mol. The summed E-state index contributed by atoms with van der Waals surface area (Å²) in [5.74, 6) is -1.15. The molecule has 0 unspecified atom stereocenters. The molecule has 1 rings (SSSR count). The Morgan fingerprint density at radius 1 is 1.50 bits per heavy atom. The zero-order valence-corrected chi connectivity index (χ0v) is 10.9. The zero-order chi connectivity index (χ0) is 13.8. The number of carboxylic acid groups (broad SMARTS) is 1. The second kappa shape index (κ2) is 5.79. The van der Waals surface area contributed by atoms with Gasteiger partial charge in [-0.25, -0.2) is 13.2 Å². The predicted molar refractivity (Wildman–Crippen MR) is 68.0 cm³/mol. The molecule has 18 heavy (non-hydrogen) atoms. The van der Waals surface area contributed by atoms with Gasteiger partial charge in [-0.1, -0.05) is 19.1 Å². The largest absolute Gasteiger partial charge is 0.478 e. The van der Waals surface area contributed by atoms with Crippen molar-refractivity contribution in [1.82, 2.24) is 4.31 Å². The number of sulfonamides is 1. The normalized spacial score (nSPS) is 11.4. The number of carboxylic acids is 1. The molecule has 1 aromatic rings. The third-order valence-corrected chi connectivity index (χ3v) is 4.34. The molecule has 0 fully saturated rings. The first-order chi connectivity index (χ1) is 8.43. The van der Waals surface area contributed by atoms with Crippen LogP contribution in [0.25, 0.3) is 0 Å². The van der Waals surface area contributed by atoms with Gasteiger partial charge in [0.2, 0.25) is 10.0 Å². The molecule has 0 amide bonds. The van der Waals surface area contributed by atoms with Crippen LogP contribution >= 0.6 is 0 Å². The minimum absolute atomic E-state index is 0.0221. The van der Waals surface area contributed by atoms with Crippen LogP contribution in [-0.2, 0) is 10.0 Å². The van der Waals surface area contributed by atoms with E-state index in [-0.39, 0.29) is 17.0 Å². The molecule has 0 radical (unpaired) electrons. The Hall–Kier alpha value is -1.66. The molecule has 0 aliphatic carbocycles. The lowest BCUT2D eigenvalue weighted by atomic mass is 10.2. The van der Waals surface area contributed by atoms with E-state index in [4.69, 9.17) is 5.11 Å². The molecule has 0 aliphatic heterocycles. The lowest BCUT2D eigenvalue weighted by Gasteiger charge is -2.18. The zero-order valence-electron chi connectivity index (χ0n) is 10.0. The molecule has 0 bridgehead atoms. The van der Waals surface area contributed by atoms with E-state index in [0.717, 1.165) is 6.07 Å². The van der Waals surface area contributed by atoms with Gasteiger partial charge in [0.15, 0.2) is 0 Å². The fraction of sp³-hybridized carbons (Fsp3) is 0.250. The number of benzene rings is 1. The van der Waals surface area contributed by atoms with Gasteiger partial charge in [0, 0.05) is 13.1 Å². The second-order valence-electron chi connectivity index (χ2n) is 3.58. The summed E-state index contributed by atoms with van der Waals surface area (Å²) < 4.78 is 25.6. The summed E-state index contributed by atoms with van der Waals surface area (Å²) in [5, 5.41) is 8.85. The Kier molecular flexibility index (Phi) is 4.63. The molecule has 0 heterocycles. The van der Waals surface area contributed by atoms with Crippen LogP contribution in [0, 0.1) is 0 Å². The highest BCUT2D eigenvalue weighted by Crippen LogP contribution is 2.17. The van der Waals surface area contributed by atoms with Crippen molar-refractivity contribution in [3.63, 3.8) is 0 Å². The van der Waals surface area contributed by atoms with Gasteiger partial charge in [0.25, 0.3) is 0 Å². The maximum absolute atomic E-state index is 12.2. The maximum Gasteiger partial charge on any atom is 0.335 e. The molecular weight excluding hydrogens is 254 g/mol. The van der Waals surface area contributed by atoms with Crippen LogP contribution in [0.2, 0.25) is 0 Å². The summed E-state index contributed by atoms with van der Waals surface area (Å²) in [7, 11) is -3.67. The number of rotatable bonds is 6. The summed E-state index contributed by atoms with van der Waals surface area (Å²) >= 11 is 0. The van der Waals surface area contributed by atoms with E-state index in [0.29, 0.717) is 6.54 Å². The van der Waals surface area contributed by atoms with Gasteiger partial charge in [-0.15, -0.1) is 6.58 Å². The number of likely N-dealkylation sites (N-methyl/N-ethyl adjacent to an activating group) is 1. The van der Waals surface area contributed by atoms with Gasteiger partial charge < -0.3 is 5.11 Å². The van der Waals surface area contributed by atoms with E-state index in [1.807, 2.05) is 0 Å². The van der Waals surface area contributed by atoms with Crippen LogP contribution in [0.15, 0.2) is 41.8 Å². The van der Waals surface area contributed by atoms with Crippen molar-refractivity contribution in [2.75, 3.05) is 13.1 Å². The van der Waals surface area contributed by atoms with E-state index in [1.54, 1.807) is 6.92 Å². The fourth-order valence-electron chi connectivity index (χ4n) is 1.48. The molecule has 5 nitrogen and oxygen atoms in total. The molecule has 0 spiro atoms. The summed E-state index contributed by atoms with van der Waals surface area (Å²) in [5.41, 5.74) is -0.0502. The van der Waals surface area contributed by atoms with Gasteiger partial charge in [-0.05, 0) is 18.2 Å². The summed E-state index contributed by atoms with van der Waals surface area (Å²) in [6.45, 7) is 5.70. The molecular formula is C12H15NO4S. The van der Waals surface area contributed by atoms with Crippen molar-refractivity contribution in [2.24, 2.45) is 0 Å². The minimum atomic E-state index is -3.67. The minimum Gasteiger partial charge on any atom is -0.478 e. The van der Waals surface area contributed by atoms with Crippen molar-refractivity contribution < 1.29 is 18.3 Å². The fourth-order valence-corrected chi connectivity index (χ4v) is 2.95. The van der Waals surface area contributed by atoms with Crippen molar-refractivity contribution in [1.29, 1.82) is 0 Å². The van der Waals surface area contributed by atoms with Crippen LogP contribution in [0.1, 0.15) is 17.3 Å². The van der Waals surface area contributed by atoms with Gasteiger partial charge in [-0.2, -0.15) is 4.31 Å². The Morgan fingerprint density at radius 2 is 2.17 bits per heavy atom. The van der Waals surface area contributed by atoms with Crippen molar-refractivity contribution >= 4 is 16.0 Å². The topological polar surface area (TPSA) is 74.7 Å². The Balaban J connectivity index is 3.23. The van der Waals surface area contributed by atoms with E-state index >= 15 is 0 Å². The molecule has 0 aromatic heterocycles. The van der Waals surface area contributed by atoms with E-state index in [1.165, 1.54) is 28.6 Å². The number of carbonyl (C=O) groups is 1. The van der Waals surface area contributed by atoms with Gasteiger partial charge >= 0.3 is 5.97 Å². The first-order valence-corrected chi connectivity index (χ1v) is 6.82. The smallest absolute Gasteiger partial charge is 0.335 e. The van der Waals surface area contributed by atoms with Crippen molar-refractivity contribution in [3.8, 4) is 0 Å². The number of hydrogen-bond acceptors (Lipinski definition) is 3. The number of aromatic carboxylic acids is 1. The first-order valence-electron chi connectivity index (χ1n) is 5.38. The first kappa shape index (κ1) is 14.4. The SMILES string of the molecule is C=CCN(CC)S(=O)(=O)c1cccc(C(=O)O)c1. The molecule has 0 atom stereocenters. The summed E-state index contributed by atoms with van der Waals surface area (Å²) in [4.78, 5) is 10.8. The average Bonchev–Trinajstić information content (AvgIpc) is 2.35. The molecule has 0 aliphatic rings. The average molecular weight is 269 g/mol. The predicted octanol–water partition coefficient (Wildman–Crippen LogP) is 1.58. The Labute approximate surface area is 106 Å². The van der Waals surface area contributed by atoms with Crippen LogP contribution in [-0.4, -0.2) is 36.9 Å². The van der Waals surface area contributed by atoms with Crippen molar-refractivity contribution in [3.05, 3.63) is 42.5 Å². The molecule has 1 N–H and O–H groups in total. The Morgan fingerprint density at radius 3 is 2.67 bits per heavy atom.